The summed E-state index contributed by atoms with van der Waals surface area (Å²) >= 11 is 0. The van der Waals surface area contributed by atoms with Crippen molar-refractivity contribution in [2.24, 2.45) is 34.5 Å². The first-order chi connectivity index (χ1) is 12.1. The Kier molecular flexibility index (Phi) is 3.97. The molecule has 0 heterocycles. The first kappa shape index (κ1) is 18.2. The number of hydrogen-bond acceptors (Lipinski definition) is 3. The van der Waals surface area contributed by atoms with Crippen molar-refractivity contribution in [2.45, 2.75) is 77.7 Å². The number of carbonyl (C=O) groups is 2. The van der Waals surface area contributed by atoms with Crippen molar-refractivity contribution in [1.29, 1.82) is 0 Å². The van der Waals surface area contributed by atoms with E-state index in [-0.39, 0.29) is 34.4 Å². The van der Waals surface area contributed by atoms with Gasteiger partial charge in [0.25, 0.3) is 0 Å². The summed E-state index contributed by atoms with van der Waals surface area (Å²) in [6.45, 7) is 6.32. The highest BCUT2D eigenvalue weighted by Crippen LogP contribution is 2.68. The molecule has 4 heteroatoms. The number of carbonyl (C=O) groups excluding carboxylic acids is 1. The molecular formula is C22H32O4. The minimum Gasteiger partial charge on any atom is -0.481 e. The van der Waals surface area contributed by atoms with Crippen LogP contribution < -0.4 is 0 Å². The molecule has 144 valence electrons. The largest absolute Gasteiger partial charge is 0.481 e. The van der Waals surface area contributed by atoms with Crippen molar-refractivity contribution < 1.29 is 19.8 Å². The molecule has 0 bridgehead atoms. The highest BCUT2D eigenvalue weighted by Gasteiger charge is 2.66. The fourth-order valence-electron chi connectivity index (χ4n) is 7.53. The van der Waals surface area contributed by atoms with Crippen molar-refractivity contribution in [1.82, 2.24) is 0 Å². The van der Waals surface area contributed by atoms with Gasteiger partial charge in [-0.05, 0) is 74.2 Å². The highest BCUT2D eigenvalue weighted by atomic mass is 16.4. The first-order valence-electron chi connectivity index (χ1n) is 10.3. The van der Waals surface area contributed by atoms with Gasteiger partial charge in [0, 0.05) is 11.8 Å². The van der Waals surface area contributed by atoms with E-state index in [4.69, 9.17) is 0 Å². The average Bonchev–Trinajstić information content (AvgIpc) is 2.93. The van der Waals surface area contributed by atoms with Crippen LogP contribution >= 0.6 is 0 Å². The van der Waals surface area contributed by atoms with E-state index in [0.717, 1.165) is 50.5 Å². The number of rotatable bonds is 2. The van der Waals surface area contributed by atoms with Crippen molar-refractivity contribution in [3.8, 4) is 0 Å². The lowest BCUT2D eigenvalue weighted by Gasteiger charge is -2.63. The number of aliphatic hydroxyl groups is 1. The molecule has 3 fully saturated rings. The Morgan fingerprint density at radius 2 is 1.85 bits per heavy atom. The maximum atomic E-state index is 12.0. The van der Waals surface area contributed by atoms with E-state index in [1.54, 1.807) is 0 Å². The molecule has 4 nitrogen and oxygen atoms in total. The lowest BCUT2D eigenvalue weighted by Crippen LogP contribution is -2.63. The summed E-state index contributed by atoms with van der Waals surface area (Å²) in [4.78, 5) is 23.6. The fraction of sp³-hybridized carbons (Fsp3) is 0.818. The number of carboxylic acids is 1. The minimum absolute atomic E-state index is 0.0107. The molecule has 4 rings (SSSR count). The summed E-state index contributed by atoms with van der Waals surface area (Å²) in [5.41, 5.74) is 0.131. The van der Waals surface area contributed by atoms with E-state index < -0.39 is 11.6 Å². The topological polar surface area (TPSA) is 74.6 Å². The van der Waals surface area contributed by atoms with Crippen LogP contribution in [0.4, 0.5) is 0 Å². The third kappa shape index (κ3) is 2.17. The van der Waals surface area contributed by atoms with Gasteiger partial charge in [0.2, 0.25) is 0 Å². The SMILES string of the molecule is CC(C(=O)O)[C@H]1CC[C@H]2[C@@H]3CCC4=CC(=O)CC[C@]4(C)C3(O)CC[C@]12C. The van der Waals surface area contributed by atoms with E-state index in [1.807, 2.05) is 13.0 Å². The summed E-state index contributed by atoms with van der Waals surface area (Å²) in [7, 11) is 0. The Hall–Kier alpha value is -1.16. The quantitative estimate of drug-likeness (QED) is 0.781. The van der Waals surface area contributed by atoms with E-state index in [0.29, 0.717) is 12.3 Å². The van der Waals surface area contributed by atoms with Crippen LogP contribution in [0.5, 0.6) is 0 Å². The van der Waals surface area contributed by atoms with Gasteiger partial charge in [0.15, 0.2) is 5.78 Å². The second-order valence-corrected chi connectivity index (χ2v) is 9.96. The van der Waals surface area contributed by atoms with Crippen LogP contribution in [0, 0.1) is 34.5 Å². The summed E-state index contributed by atoms with van der Waals surface area (Å²) < 4.78 is 0. The number of fused-ring (bicyclic) bond motifs is 5. The van der Waals surface area contributed by atoms with Gasteiger partial charge >= 0.3 is 5.97 Å². The Balaban J connectivity index is 1.70. The molecule has 0 aromatic heterocycles. The van der Waals surface area contributed by atoms with E-state index in [9.17, 15) is 19.8 Å². The van der Waals surface area contributed by atoms with Crippen LogP contribution in [0.1, 0.15) is 72.1 Å². The van der Waals surface area contributed by atoms with Gasteiger partial charge in [-0.15, -0.1) is 0 Å². The molecule has 0 saturated heterocycles. The zero-order valence-electron chi connectivity index (χ0n) is 16.3. The molecule has 2 N–H and O–H groups in total. The number of aliphatic carboxylic acids is 1. The molecule has 0 amide bonds. The normalized spacial score (nSPS) is 48.8. The van der Waals surface area contributed by atoms with Crippen LogP contribution in [-0.2, 0) is 9.59 Å². The van der Waals surface area contributed by atoms with Gasteiger partial charge in [0.1, 0.15) is 0 Å². The third-order valence-electron chi connectivity index (χ3n) is 9.22. The number of hydrogen-bond donors (Lipinski definition) is 2. The Morgan fingerprint density at radius 3 is 2.54 bits per heavy atom. The minimum atomic E-state index is -0.747. The van der Waals surface area contributed by atoms with E-state index >= 15 is 0 Å². The molecular weight excluding hydrogens is 328 g/mol. The number of ketones is 1. The zero-order valence-corrected chi connectivity index (χ0v) is 16.3. The maximum absolute atomic E-state index is 12.0. The molecule has 0 aliphatic heterocycles. The summed E-state index contributed by atoms with van der Waals surface area (Å²) in [5, 5.41) is 21.5. The predicted molar refractivity (Wildman–Crippen MR) is 98.5 cm³/mol. The smallest absolute Gasteiger partial charge is 0.306 e. The first-order valence-corrected chi connectivity index (χ1v) is 10.3. The van der Waals surface area contributed by atoms with Crippen LogP contribution in [0.2, 0.25) is 0 Å². The van der Waals surface area contributed by atoms with Crippen molar-refractivity contribution >= 4 is 11.8 Å². The van der Waals surface area contributed by atoms with Crippen LogP contribution in [-0.4, -0.2) is 27.6 Å². The molecule has 2 unspecified atom stereocenters. The molecule has 4 aliphatic rings. The van der Waals surface area contributed by atoms with Crippen LogP contribution in [0.3, 0.4) is 0 Å². The Morgan fingerprint density at radius 1 is 1.12 bits per heavy atom. The fourth-order valence-corrected chi connectivity index (χ4v) is 7.53. The van der Waals surface area contributed by atoms with Gasteiger partial charge in [-0.25, -0.2) is 0 Å². The zero-order chi connectivity index (χ0) is 18.9. The monoisotopic (exact) mass is 360 g/mol. The molecule has 0 aromatic rings. The molecule has 3 saturated carbocycles. The van der Waals surface area contributed by atoms with Crippen molar-refractivity contribution in [2.75, 3.05) is 0 Å². The second-order valence-electron chi connectivity index (χ2n) is 9.96. The van der Waals surface area contributed by atoms with Gasteiger partial charge in [-0.3, -0.25) is 9.59 Å². The highest BCUT2D eigenvalue weighted by molar-refractivity contribution is 5.91. The molecule has 26 heavy (non-hydrogen) atoms. The second kappa shape index (κ2) is 5.67. The van der Waals surface area contributed by atoms with E-state index in [1.165, 1.54) is 0 Å². The van der Waals surface area contributed by atoms with Gasteiger partial charge in [0.05, 0.1) is 11.5 Å². The molecule has 4 aliphatic carbocycles. The standard InChI is InChI=1S/C22H32O4/c1-13(19(24)25)16-6-7-17-18-5-4-14-12-15(23)8-9-21(14,3)22(18,26)11-10-20(16,17)2/h12-13,16-18,26H,4-11H2,1-3H3,(H,24,25)/t13?,16-,17+,18+,20-,21+,22?/m1/s1. The molecule has 0 spiro atoms. The third-order valence-corrected chi connectivity index (χ3v) is 9.22. The maximum Gasteiger partial charge on any atom is 0.306 e. The lowest BCUT2D eigenvalue weighted by atomic mass is 9.44. The van der Waals surface area contributed by atoms with Crippen molar-refractivity contribution in [3.05, 3.63) is 11.6 Å². The van der Waals surface area contributed by atoms with Crippen LogP contribution in [0.15, 0.2) is 11.6 Å². The molecule has 7 atom stereocenters. The summed E-state index contributed by atoms with van der Waals surface area (Å²) in [6, 6.07) is 0. The van der Waals surface area contributed by atoms with Gasteiger partial charge < -0.3 is 10.2 Å². The van der Waals surface area contributed by atoms with Gasteiger partial charge in [-0.1, -0.05) is 26.3 Å². The Labute approximate surface area is 156 Å². The molecule has 0 aromatic carbocycles. The summed E-state index contributed by atoms with van der Waals surface area (Å²) in [6.07, 6.45) is 8.55. The van der Waals surface area contributed by atoms with Crippen molar-refractivity contribution in [3.63, 3.8) is 0 Å². The van der Waals surface area contributed by atoms with Crippen LogP contribution in [0.25, 0.3) is 0 Å². The van der Waals surface area contributed by atoms with Gasteiger partial charge in [-0.2, -0.15) is 0 Å². The van der Waals surface area contributed by atoms with E-state index in [2.05, 4.69) is 13.8 Å². The number of carboxylic acid groups (broad SMARTS) is 1. The average molecular weight is 360 g/mol. The Bertz CT molecular complexity index is 682. The lowest BCUT2D eigenvalue weighted by molar-refractivity contribution is -0.194. The molecule has 0 radical (unpaired) electrons. The summed E-state index contributed by atoms with van der Waals surface area (Å²) in [5.74, 6) is 0.0118. The predicted octanol–water partition coefficient (Wildman–Crippen LogP) is 3.97.